The summed E-state index contributed by atoms with van der Waals surface area (Å²) in [5, 5.41) is 9.74. The van der Waals surface area contributed by atoms with E-state index in [0.717, 1.165) is 12.8 Å². The molecule has 1 aliphatic heterocycles. The molecule has 0 spiro atoms. The normalized spacial score (nSPS) is 18.4. The number of likely N-dealkylation sites (N-methyl/N-ethyl adjacent to an activating group) is 1. The Balaban J connectivity index is 2.22. The summed E-state index contributed by atoms with van der Waals surface area (Å²) in [6.07, 6.45) is 2.00. The number of nitrogens with zero attached hydrogens (tertiary/aromatic N) is 2. The van der Waals surface area contributed by atoms with Crippen molar-refractivity contribution in [2.24, 2.45) is 0 Å². The van der Waals surface area contributed by atoms with Crippen LogP contribution in [0.15, 0.2) is 18.2 Å². The molecule has 1 amide bonds. The Morgan fingerprint density at radius 1 is 1.27 bits per heavy atom. The van der Waals surface area contributed by atoms with Crippen molar-refractivity contribution in [2.75, 3.05) is 34.3 Å². The molecule has 1 aliphatic rings. The Hall–Kier alpha value is -2.08. The molecule has 0 bridgehead atoms. The second-order valence-corrected chi connectivity index (χ2v) is 5.77. The number of amides is 1. The number of piperidine rings is 1. The summed E-state index contributed by atoms with van der Waals surface area (Å²) in [6, 6.07) is 4.47. The van der Waals surface area contributed by atoms with Gasteiger partial charge in [-0.05, 0) is 45.1 Å². The largest absolute Gasteiger partial charge is 0.508 e. The van der Waals surface area contributed by atoms with Crippen LogP contribution in [0.25, 0.3) is 0 Å². The van der Waals surface area contributed by atoms with Gasteiger partial charge in [-0.1, -0.05) is 0 Å². The summed E-state index contributed by atoms with van der Waals surface area (Å²) in [5.41, 5.74) is 0.479. The van der Waals surface area contributed by atoms with E-state index >= 15 is 0 Å². The first-order valence-electron chi connectivity index (χ1n) is 7.30. The second kappa shape index (κ2) is 6.79. The molecular weight excluding hydrogens is 284 g/mol. The van der Waals surface area contributed by atoms with E-state index in [1.807, 2.05) is 14.1 Å². The smallest absolute Gasteiger partial charge is 0.338 e. The van der Waals surface area contributed by atoms with E-state index < -0.39 is 5.97 Å². The number of esters is 1. The highest BCUT2D eigenvalue weighted by molar-refractivity contribution is 5.98. The number of carbonyl (C=O) groups excluding carboxylic acids is 2. The number of hydrogen-bond donors (Lipinski definition) is 1. The summed E-state index contributed by atoms with van der Waals surface area (Å²) in [5.74, 6) is -0.866. The Kier molecular flexibility index (Phi) is 5.03. The lowest BCUT2D eigenvalue weighted by Crippen LogP contribution is -2.47. The van der Waals surface area contributed by atoms with Crippen LogP contribution >= 0.6 is 0 Å². The molecule has 0 aliphatic carbocycles. The van der Waals surface area contributed by atoms with E-state index in [2.05, 4.69) is 9.64 Å². The quantitative estimate of drug-likeness (QED) is 0.854. The minimum absolute atomic E-state index is 0.118. The van der Waals surface area contributed by atoms with Crippen LogP contribution in [0, 0.1) is 0 Å². The topological polar surface area (TPSA) is 70.1 Å². The molecule has 0 radical (unpaired) electrons. The van der Waals surface area contributed by atoms with E-state index in [0.29, 0.717) is 24.7 Å². The highest BCUT2D eigenvalue weighted by atomic mass is 16.5. The van der Waals surface area contributed by atoms with Crippen molar-refractivity contribution in [2.45, 2.75) is 18.9 Å². The Morgan fingerprint density at radius 3 is 2.59 bits per heavy atom. The van der Waals surface area contributed by atoms with E-state index in [4.69, 9.17) is 0 Å². The molecule has 1 aromatic rings. The van der Waals surface area contributed by atoms with Crippen LogP contribution < -0.4 is 0 Å². The summed E-state index contributed by atoms with van der Waals surface area (Å²) in [4.78, 5) is 28.1. The first kappa shape index (κ1) is 16.3. The van der Waals surface area contributed by atoms with E-state index in [-0.39, 0.29) is 17.2 Å². The summed E-state index contributed by atoms with van der Waals surface area (Å²) < 4.78 is 4.64. The number of likely N-dealkylation sites (tertiary alicyclic amines) is 1. The number of ether oxygens (including phenoxy) is 1. The van der Waals surface area contributed by atoms with E-state index in [9.17, 15) is 14.7 Å². The van der Waals surface area contributed by atoms with Crippen LogP contribution in [0.3, 0.4) is 0 Å². The van der Waals surface area contributed by atoms with Crippen molar-refractivity contribution in [3.63, 3.8) is 0 Å². The molecule has 1 saturated heterocycles. The van der Waals surface area contributed by atoms with Gasteiger partial charge in [-0.3, -0.25) is 4.79 Å². The van der Waals surface area contributed by atoms with Gasteiger partial charge in [0.25, 0.3) is 5.91 Å². The monoisotopic (exact) mass is 306 g/mol. The number of methoxy groups -OCH3 is 1. The lowest BCUT2D eigenvalue weighted by Gasteiger charge is -2.36. The lowest BCUT2D eigenvalue weighted by atomic mass is 10.0. The molecule has 1 aromatic carbocycles. The SMILES string of the molecule is COC(=O)c1cc(O)cc(C(=O)N2CCC[C@@H](N(C)C)C2)c1. The maximum absolute atomic E-state index is 12.6. The van der Waals surface area contributed by atoms with Gasteiger partial charge in [-0.15, -0.1) is 0 Å². The molecule has 0 aromatic heterocycles. The molecule has 0 unspecified atom stereocenters. The molecule has 1 N–H and O–H groups in total. The first-order chi connectivity index (χ1) is 10.4. The van der Waals surface area contributed by atoms with Crippen LogP contribution in [-0.2, 0) is 4.74 Å². The third kappa shape index (κ3) is 3.57. The zero-order chi connectivity index (χ0) is 16.3. The summed E-state index contributed by atoms with van der Waals surface area (Å²) >= 11 is 0. The molecule has 0 saturated carbocycles. The number of phenols is 1. The molecule has 6 nitrogen and oxygen atoms in total. The lowest BCUT2D eigenvalue weighted by molar-refractivity contribution is 0.0600. The molecule has 120 valence electrons. The van der Waals surface area contributed by atoms with Gasteiger partial charge < -0.3 is 19.6 Å². The van der Waals surface area contributed by atoms with Crippen LogP contribution in [-0.4, -0.2) is 67.1 Å². The first-order valence-corrected chi connectivity index (χ1v) is 7.30. The van der Waals surface area contributed by atoms with Gasteiger partial charge in [0.2, 0.25) is 0 Å². The van der Waals surface area contributed by atoms with Gasteiger partial charge in [0.05, 0.1) is 12.7 Å². The standard InChI is InChI=1S/C16H22N2O4/c1-17(2)13-5-4-6-18(10-13)15(20)11-7-12(16(21)22-3)9-14(19)8-11/h7-9,13,19H,4-6,10H2,1-3H3/t13-/m1/s1. The van der Waals surface area contributed by atoms with E-state index in [1.54, 1.807) is 4.90 Å². The predicted octanol–water partition coefficient (Wildman–Crippen LogP) is 1.34. The highest BCUT2D eigenvalue weighted by Crippen LogP contribution is 2.21. The van der Waals surface area contributed by atoms with Crippen molar-refractivity contribution in [3.8, 4) is 5.75 Å². The number of phenolic OH excluding ortho intramolecular Hbond substituents is 1. The van der Waals surface area contributed by atoms with Crippen molar-refractivity contribution >= 4 is 11.9 Å². The minimum atomic E-state index is -0.574. The van der Waals surface area contributed by atoms with E-state index in [1.165, 1.54) is 25.3 Å². The molecule has 2 rings (SSSR count). The fourth-order valence-corrected chi connectivity index (χ4v) is 2.71. The van der Waals surface area contributed by atoms with Crippen LogP contribution in [0.2, 0.25) is 0 Å². The zero-order valence-corrected chi connectivity index (χ0v) is 13.2. The van der Waals surface area contributed by atoms with Crippen LogP contribution in [0.1, 0.15) is 33.6 Å². The molecular formula is C16H22N2O4. The van der Waals surface area contributed by atoms with Crippen LogP contribution in [0.5, 0.6) is 5.75 Å². The van der Waals surface area contributed by atoms with Crippen molar-refractivity contribution < 1.29 is 19.4 Å². The van der Waals surface area contributed by atoms with Gasteiger partial charge in [0.1, 0.15) is 5.75 Å². The predicted molar refractivity (Wildman–Crippen MR) is 82.1 cm³/mol. The maximum Gasteiger partial charge on any atom is 0.338 e. The van der Waals surface area contributed by atoms with Gasteiger partial charge in [0.15, 0.2) is 0 Å². The van der Waals surface area contributed by atoms with Gasteiger partial charge in [-0.2, -0.15) is 0 Å². The summed E-state index contributed by atoms with van der Waals surface area (Å²) in [7, 11) is 5.27. The average molecular weight is 306 g/mol. The minimum Gasteiger partial charge on any atom is -0.508 e. The van der Waals surface area contributed by atoms with Gasteiger partial charge >= 0.3 is 5.97 Å². The summed E-state index contributed by atoms with van der Waals surface area (Å²) in [6.45, 7) is 1.33. The average Bonchev–Trinajstić information content (AvgIpc) is 2.52. The Morgan fingerprint density at radius 2 is 1.95 bits per heavy atom. The number of carbonyl (C=O) groups is 2. The van der Waals surface area contributed by atoms with Gasteiger partial charge in [0, 0.05) is 24.7 Å². The third-order valence-electron chi connectivity index (χ3n) is 4.00. The second-order valence-electron chi connectivity index (χ2n) is 5.77. The highest BCUT2D eigenvalue weighted by Gasteiger charge is 2.26. The molecule has 22 heavy (non-hydrogen) atoms. The van der Waals surface area contributed by atoms with Gasteiger partial charge in [-0.25, -0.2) is 4.79 Å². The zero-order valence-electron chi connectivity index (χ0n) is 13.2. The van der Waals surface area contributed by atoms with Crippen molar-refractivity contribution in [3.05, 3.63) is 29.3 Å². The van der Waals surface area contributed by atoms with Crippen molar-refractivity contribution in [1.29, 1.82) is 0 Å². The number of rotatable bonds is 3. The van der Waals surface area contributed by atoms with Crippen LogP contribution in [0.4, 0.5) is 0 Å². The Labute approximate surface area is 130 Å². The fraction of sp³-hybridized carbons (Fsp3) is 0.500. The number of aromatic hydroxyl groups is 1. The fourth-order valence-electron chi connectivity index (χ4n) is 2.71. The third-order valence-corrected chi connectivity index (χ3v) is 4.00. The number of benzene rings is 1. The molecule has 1 atom stereocenters. The molecule has 1 fully saturated rings. The molecule has 1 heterocycles. The van der Waals surface area contributed by atoms with Crippen molar-refractivity contribution in [1.82, 2.24) is 9.80 Å². The maximum atomic E-state index is 12.6. The molecule has 6 heteroatoms. The Bertz CT molecular complexity index is 571. The number of hydrogen-bond acceptors (Lipinski definition) is 5.